The minimum Gasteiger partial charge on any atom is -0.465 e. The van der Waals surface area contributed by atoms with E-state index in [1.165, 1.54) is 7.11 Å². The van der Waals surface area contributed by atoms with Crippen LogP contribution in [-0.2, 0) is 17.8 Å². The zero-order valence-corrected chi connectivity index (χ0v) is 11.8. The van der Waals surface area contributed by atoms with Crippen LogP contribution in [0.1, 0.15) is 27.0 Å². The number of rotatable bonds is 5. The van der Waals surface area contributed by atoms with E-state index >= 15 is 0 Å². The van der Waals surface area contributed by atoms with Crippen molar-refractivity contribution in [3.63, 3.8) is 0 Å². The summed E-state index contributed by atoms with van der Waals surface area (Å²) in [6, 6.07) is 16.9. The van der Waals surface area contributed by atoms with Crippen LogP contribution in [-0.4, -0.2) is 13.1 Å². The maximum absolute atomic E-state index is 11.7. The monoisotopic (exact) mass is 280 g/mol. The molecule has 1 N–H and O–H groups in total. The molecule has 0 fully saturated rings. The van der Waals surface area contributed by atoms with E-state index in [0.717, 1.165) is 11.1 Å². The van der Waals surface area contributed by atoms with Crippen LogP contribution < -0.4 is 5.32 Å². The number of esters is 1. The Bertz CT molecular complexity index is 674. The maximum Gasteiger partial charge on any atom is 0.338 e. The van der Waals surface area contributed by atoms with Crippen molar-refractivity contribution < 1.29 is 9.53 Å². The first-order chi connectivity index (χ1) is 10.2. The number of hydrogen-bond donors (Lipinski definition) is 1. The molecule has 2 rings (SSSR count). The van der Waals surface area contributed by atoms with E-state index in [1.807, 2.05) is 36.4 Å². The molecule has 0 aliphatic carbocycles. The molecular formula is C17H16N2O2. The highest BCUT2D eigenvalue weighted by Crippen LogP contribution is 2.10. The largest absolute Gasteiger partial charge is 0.465 e. The Kier molecular flexibility index (Phi) is 5.08. The van der Waals surface area contributed by atoms with Crippen LogP contribution in [0.5, 0.6) is 0 Å². The van der Waals surface area contributed by atoms with Gasteiger partial charge in [-0.05, 0) is 29.3 Å². The normalized spacial score (nSPS) is 9.90. The van der Waals surface area contributed by atoms with E-state index in [-0.39, 0.29) is 5.97 Å². The summed E-state index contributed by atoms with van der Waals surface area (Å²) >= 11 is 0. The van der Waals surface area contributed by atoms with Crippen molar-refractivity contribution in [3.05, 3.63) is 70.8 Å². The van der Waals surface area contributed by atoms with Crippen LogP contribution in [0, 0.1) is 11.3 Å². The summed E-state index contributed by atoms with van der Waals surface area (Å²) in [4.78, 5) is 11.7. The molecule has 0 atom stereocenters. The van der Waals surface area contributed by atoms with E-state index in [1.54, 1.807) is 12.1 Å². The van der Waals surface area contributed by atoms with Gasteiger partial charge < -0.3 is 10.1 Å². The fraction of sp³-hybridized carbons (Fsp3) is 0.176. The standard InChI is InChI=1S/C17H16N2O2/c1-21-17(20)16-8-3-2-7-15(16)12-19-11-14-6-4-5-13(9-14)10-18/h2-9,19H,11-12H2,1H3. The van der Waals surface area contributed by atoms with E-state index in [2.05, 4.69) is 11.4 Å². The van der Waals surface area contributed by atoms with Gasteiger partial charge in [0.05, 0.1) is 24.3 Å². The number of methoxy groups -OCH3 is 1. The molecule has 0 heterocycles. The third kappa shape index (κ3) is 3.91. The lowest BCUT2D eigenvalue weighted by Gasteiger charge is -2.09. The van der Waals surface area contributed by atoms with Crippen LogP contribution >= 0.6 is 0 Å². The molecular weight excluding hydrogens is 264 g/mol. The Morgan fingerprint density at radius 3 is 2.76 bits per heavy atom. The van der Waals surface area contributed by atoms with Gasteiger partial charge in [-0.15, -0.1) is 0 Å². The molecule has 0 saturated carbocycles. The molecule has 21 heavy (non-hydrogen) atoms. The second-order valence-corrected chi connectivity index (χ2v) is 4.56. The molecule has 4 nitrogen and oxygen atoms in total. The quantitative estimate of drug-likeness (QED) is 0.855. The summed E-state index contributed by atoms with van der Waals surface area (Å²) in [6.45, 7) is 1.19. The maximum atomic E-state index is 11.7. The van der Waals surface area contributed by atoms with Crippen LogP contribution in [0.3, 0.4) is 0 Å². The van der Waals surface area contributed by atoms with E-state index in [4.69, 9.17) is 10.00 Å². The van der Waals surface area contributed by atoms with Gasteiger partial charge in [-0.3, -0.25) is 0 Å². The third-order valence-electron chi connectivity index (χ3n) is 3.12. The Hall–Kier alpha value is -2.64. The highest BCUT2D eigenvalue weighted by molar-refractivity contribution is 5.90. The third-order valence-corrected chi connectivity index (χ3v) is 3.12. The molecule has 0 aliphatic heterocycles. The van der Waals surface area contributed by atoms with Crippen molar-refractivity contribution in [2.75, 3.05) is 7.11 Å². The number of nitrogens with one attached hydrogen (secondary N) is 1. The number of benzene rings is 2. The van der Waals surface area contributed by atoms with Gasteiger partial charge in [-0.2, -0.15) is 5.26 Å². The van der Waals surface area contributed by atoms with E-state index < -0.39 is 0 Å². The van der Waals surface area contributed by atoms with E-state index in [9.17, 15) is 4.79 Å². The van der Waals surface area contributed by atoms with E-state index in [0.29, 0.717) is 24.2 Å². The highest BCUT2D eigenvalue weighted by Gasteiger charge is 2.10. The number of hydrogen-bond acceptors (Lipinski definition) is 4. The highest BCUT2D eigenvalue weighted by atomic mass is 16.5. The molecule has 0 spiro atoms. The number of carbonyl (C=O) groups is 1. The molecule has 0 amide bonds. The molecule has 0 radical (unpaired) electrons. The number of carbonyl (C=O) groups excluding carboxylic acids is 1. The predicted octanol–water partition coefficient (Wildman–Crippen LogP) is 2.63. The molecule has 106 valence electrons. The van der Waals surface area contributed by atoms with Gasteiger partial charge in [0.25, 0.3) is 0 Å². The molecule has 0 aromatic heterocycles. The lowest BCUT2D eigenvalue weighted by Crippen LogP contribution is -2.16. The zero-order valence-electron chi connectivity index (χ0n) is 11.8. The Morgan fingerprint density at radius 1 is 1.19 bits per heavy atom. The SMILES string of the molecule is COC(=O)c1ccccc1CNCc1cccc(C#N)c1. The van der Waals surface area contributed by atoms with Crippen molar-refractivity contribution in [3.8, 4) is 6.07 Å². The number of ether oxygens (including phenoxy) is 1. The Morgan fingerprint density at radius 2 is 2.00 bits per heavy atom. The van der Waals surface area contributed by atoms with Gasteiger partial charge in [-0.1, -0.05) is 30.3 Å². The second kappa shape index (κ2) is 7.22. The van der Waals surface area contributed by atoms with Gasteiger partial charge in [0.1, 0.15) is 0 Å². The van der Waals surface area contributed by atoms with Crippen molar-refractivity contribution in [2.24, 2.45) is 0 Å². The average molecular weight is 280 g/mol. The van der Waals surface area contributed by atoms with Gasteiger partial charge in [-0.25, -0.2) is 4.79 Å². The van der Waals surface area contributed by atoms with Crippen molar-refractivity contribution in [1.82, 2.24) is 5.32 Å². The fourth-order valence-corrected chi connectivity index (χ4v) is 2.08. The second-order valence-electron chi connectivity index (χ2n) is 4.56. The van der Waals surface area contributed by atoms with Gasteiger partial charge >= 0.3 is 5.97 Å². The molecule has 0 aliphatic rings. The Balaban J connectivity index is 2.01. The van der Waals surface area contributed by atoms with Crippen molar-refractivity contribution in [1.29, 1.82) is 5.26 Å². The summed E-state index contributed by atoms with van der Waals surface area (Å²) in [5.41, 5.74) is 3.13. The first-order valence-corrected chi connectivity index (χ1v) is 6.60. The van der Waals surface area contributed by atoms with Gasteiger partial charge in [0.2, 0.25) is 0 Å². The van der Waals surface area contributed by atoms with Gasteiger partial charge in [0.15, 0.2) is 0 Å². The molecule has 0 unspecified atom stereocenters. The smallest absolute Gasteiger partial charge is 0.338 e. The lowest BCUT2D eigenvalue weighted by molar-refractivity contribution is 0.0599. The topological polar surface area (TPSA) is 62.1 Å². The van der Waals surface area contributed by atoms with Crippen molar-refractivity contribution in [2.45, 2.75) is 13.1 Å². The zero-order chi connectivity index (χ0) is 15.1. The molecule has 4 heteroatoms. The number of nitrogens with zero attached hydrogens (tertiary/aromatic N) is 1. The lowest BCUT2D eigenvalue weighted by atomic mass is 10.1. The molecule has 0 bridgehead atoms. The average Bonchev–Trinajstić information content (AvgIpc) is 2.55. The summed E-state index contributed by atoms with van der Waals surface area (Å²) in [7, 11) is 1.37. The molecule has 0 saturated heterocycles. The summed E-state index contributed by atoms with van der Waals surface area (Å²) in [5.74, 6) is -0.334. The first kappa shape index (κ1) is 14.8. The summed E-state index contributed by atoms with van der Waals surface area (Å²) in [6.07, 6.45) is 0. The summed E-state index contributed by atoms with van der Waals surface area (Å²) < 4.78 is 4.77. The predicted molar refractivity (Wildman–Crippen MR) is 79.5 cm³/mol. The minimum atomic E-state index is -0.334. The summed E-state index contributed by atoms with van der Waals surface area (Å²) in [5, 5.41) is 12.1. The number of nitriles is 1. The fourth-order valence-electron chi connectivity index (χ4n) is 2.08. The van der Waals surface area contributed by atoms with Crippen LogP contribution in [0.15, 0.2) is 48.5 Å². The van der Waals surface area contributed by atoms with Crippen LogP contribution in [0.4, 0.5) is 0 Å². The molecule has 2 aromatic rings. The first-order valence-electron chi connectivity index (χ1n) is 6.60. The molecule has 2 aromatic carbocycles. The minimum absolute atomic E-state index is 0.334. The van der Waals surface area contributed by atoms with Crippen LogP contribution in [0.2, 0.25) is 0 Å². The Labute approximate surface area is 124 Å². The van der Waals surface area contributed by atoms with Crippen LogP contribution in [0.25, 0.3) is 0 Å². The van der Waals surface area contributed by atoms with Crippen molar-refractivity contribution >= 4 is 5.97 Å². The van der Waals surface area contributed by atoms with Gasteiger partial charge in [0, 0.05) is 13.1 Å².